The van der Waals surface area contributed by atoms with Crippen LogP contribution in [0.3, 0.4) is 0 Å². The van der Waals surface area contributed by atoms with E-state index >= 15 is 0 Å². The maximum absolute atomic E-state index is 13.9. The normalized spacial score (nSPS) is 29.2. The molecular weight excluding hydrogens is 554 g/mol. The third-order valence-corrected chi connectivity index (χ3v) is 8.78. The van der Waals surface area contributed by atoms with Gasteiger partial charge in [0.1, 0.15) is 18.2 Å². The monoisotopic (exact) mass is 609 g/mol. The summed E-state index contributed by atoms with van der Waals surface area (Å²) in [5, 5.41) is 14.1. The number of aliphatic hydroxyl groups is 1. The zero-order valence-electron chi connectivity index (χ0n) is 28.4. The van der Waals surface area contributed by atoms with Gasteiger partial charge >= 0.3 is 11.9 Å². The van der Waals surface area contributed by atoms with Crippen LogP contribution in [0.25, 0.3) is 0 Å². The Morgan fingerprint density at radius 2 is 1.57 bits per heavy atom. The Labute approximate surface area is 265 Å². The van der Waals surface area contributed by atoms with Crippen molar-refractivity contribution >= 4 is 17.8 Å². The topological polar surface area (TPSA) is 102 Å². The number of hydrogen-bond donors (Lipinski definition) is 2. The highest BCUT2D eigenvalue weighted by Crippen LogP contribution is 2.30. The number of amides is 1. The Hall–Kier alpha value is -3.19. The number of ether oxygens (including phenoxy) is 2. The van der Waals surface area contributed by atoms with Crippen molar-refractivity contribution in [3.05, 3.63) is 70.8 Å². The Morgan fingerprint density at radius 1 is 0.955 bits per heavy atom. The molecule has 0 fully saturated rings. The van der Waals surface area contributed by atoms with Crippen LogP contribution in [0.2, 0.25) is 0 Å². The van der Waals surface area contributed by atoms with Crippen LogP contribution in [0, 0.1) is 29.6 Å². The molecule has 0 unspecified atom stereocenters. The largest absolute Gasteiger partial charge is 0.460 e. The van der Waals surface area contributed by atoms with Gasteiger partial charge in [-0.3, -0.25) is 9.59 Å². The number of carbonyl (C=O) groups excluding carboxylic acids is 3. The van der Waals surface area contributed by atoms with E-state index in [1.807, 2.05) is 77.1 Å². The molecule has 244 valence electrons. The first-order valence-corrected chi connectivity index (χ1v) is 16.1. The lowest BCUT2D eigenvalue weighted by Crippen LogP contribution is -2.46. The first-order valence-electron chi connectivity index (χ1n) is 16.1. The molecule has 1 aromatic carbocycles. The first kappa shape index (κ1) is 37.0. The van der Waals surface area contributed by atoms with E-state index in [-0.39, 0.29) is 36.0 Å². The van der Waals surface area contributed by atoms with Crippen molar-refractivity contribution in [2.75, 3.05) is 0 Å². The van der Waals surface area contributed by atoms with Crippen molar-refractivity contribution in [3.8, 4) is 0 Å². The molecule has 1 aliphatic rings. The molecule has 1 aromatic rings. The zero-order chi connectivity index (χ0) is 33.1. The van der Waals surface area contributed by atoms with E-state index < -0.39 is 36.3 Å². The highest BCUT2D eigenvalue weighted by molar-refractivity contribution is 5.95. The van der Waals surface area contributed by atoms with Crippen LogP contribution in [-0.2, 0) is 30.3 Å². The molecule has 9 atom stereocenters. The van der Waals surface area contributed by atoms with Gasteiger partial charge in [0.15, 0.2) is 0 Å². The summed E-state index contributed by atoms with van der Waals surface area (Å²) in [6, 6.07) is 8.65. The summed E-state index contributed by atoms with van der Waals surface area (Å²) in [6.07, 6.45) is 5.95. The number of hydrogen-bond acceptors (Lipinski definition) is 6. The highest BCUT2D eigenvalue weighted by atomic mass is 16.5. The molecule has 1 aliphatic heterocycles. The van der Waals surface area contributed by atoms with Crippen molar-refractivity contribution in [3.63, 3.8) is 0 Å². The molecule has 7 heteroatoms. The molecule has 44 heavy (non-hydrogen) atoms. The molecule has 0 radical (unpaired) electrons. The van der Waals surface area contributed by atoms with E-state index in [0.29, 0.717) is 11.5 Å². The Kier molecular flexibility index (Phi) is 14.6. The Bertz CT molecular complexity index is 1200. The van der Waals surface area contributed by atoms with Crippen LogP contribution >= 0.6 is 0 Å². The molecule has 7 nitrogen and oxygen atoms in total. The van der Waals surface area contributed by atoms with E-state index in [0.717, 1.165) is 29.6 Å². The Morgan fingerprint density at radius 3 is 2.16 bits per heavy atom. The summed E-state index contributed by atoms with van der Waals surface area (Å²) in [4.78, 5) is 39.5. The minimum Gasteiger partial charge on any atom is -0.460 e. The molecule has 0 saturated heterocycles. The first-order chi connectivity index (χ1) is 20.6. The maximum atomic E-state index is 13.9. The maximum Gasteiger partial charge on any atom is 0.329 e. The molecule has 1 amide bonds. The summed E-state index contributed by atoms with van der Waals surface area (Å²) >= 11 is 0. The van der Waals surface area contributed by atoms with Crippen LogP contribution in [0.1, 0.15) is 87.6 Å². The average Bonchev–Trinajstić information content (AvgIpc) is 2.96. The summed E-state index contributed by atoms with van der Waals surface area (Å²) in [5.41, 5.74) is 2.87. The number of cyclic esters (lactones) is 1. The number of carbonyl (C=O) groups is 3. The summed E-state index contributed by atoms with van der Waals surface area (Å²) < 4.78 is 12.1. The van der Waals surface area contributed by atoms with E-state index in [9.17, 15) is 19.5 Å². The second kappa shape index (κ2) is 17.3. The number of benzene rings is 1. The third kappa shape index (κ3) is 11.1. The van der Waals surface area contributed by atoms with Crippen LogP contribution in [0.4, 0.5) is 0 Å². The average molecular weight is 610 g/mol. The van der Waals surface area contributed by atoms with Crippen LogP contribution in [-0.4, -0.2) is 47.3 Å². The minimum absolute atomic E-state index is 0.0347. The summed E-state index contributed by atoms with van der Waals surface area (Å²) in [6.45, 7) is 19.1. The van der Waals surface area contributed by atoms with Crippen molar-refractivity contribution in [1.29, 1.82) is 0 Å². The van der Waals surface area contributed by atoms with Gasteiger partial charge in [0, 0.05) is 36.7 Å². The van der Waals surface area contributed by atoms with Gasteiger partial charge in [-0.2, -0.15) is 0 Å². The van der Waals surface area contributed by atoms with Gasteiger partial charge in [0.2, 0.25) is 5.91 Å². The summed E-state index contributed by atoms with van der Waals surface area (Å²) in [7, 11) is 0. The third-order valence-electron chi connectivity index (χ3n) is 8.78. The van der Waals surface area contributed by atoms with Gasteiger partial charge in [-0.15, -0.1) is 0 Å². The lowest BCUT2D eigenvalue weighted by atomic mass is 9.84. The van der Waals surface area contributed by atoms with E-state index in [1.165, 1.54) is 6.92 Å². The minimum atomic E-state index is -0.907. The van der Waals surface area contributed by atoms with Gasteiger partial charge in [-0.05, 0) is 55.7 Å². The highest BCUT2D eigenvalue weighted by Gasteiger charge is 2.33. The number of esters is 2. The SMILES string of the molecule is CC[C@H](C)C[C@H](C)[C@H]1OC(=O)[C@H](Cc2ccccc2)NC(=O)C(C)=C[C@H](C)[C@@H](O)C(C)=C[C@H](C)[C@H](OC(C)=O)C(C)=C[C@@H]1C. The molecule has 0 spiro atoms. The van der Waals surface area contributed by atoms with Crippen LogP contribution in [0.5, 0.6) is 0 Å². The predicted molar refractivity (Wildman–Crippen MR) is 176 cm³/mol. The van der Waals surface area contributed by atoms with Crippen LogP contribution < -0.4 is 5.32 Å². The van der Waals surface area contributed by atoms with Crippen LogP contribution in [0.15, 0.2) is 65.3 Å². The fourth-order valence-electron chi connectivity index (χ4n) is 6.18. The number of rotatable bonds is 7. The quantitative estimate of drug-likeness (QED) is 0.262. The standard InChI is InChI=1S/C37H55NO6/c1-11-22(2)17-25(5)35-28(8)20-27(7)34(43-30(10)39)26(6)18-23(3)33(40)24(4)19-29(9)36(41)38-32(37(42)44-35)21-31-15-13-12-14-16-31/h12-16,18-20,22,24-26,28,32-35,40H,11,17,21H2,1-10H3,(H,38,41)/t22-,24-,25-,26-,28-,32-,33-,34-,35+/m0/s1. The molecule has 0 aromatic heterocycles. The second-order valence-electron chi connectivity index (χ2n) is 13.1. The molecule has 0 saturated carbocycles. The van der Waals surface area contributed by atoms with Gasteiger partial charge in [0.05, 0.1) is 6.10 Å². The second-order valence-corrected chi connectivity index (χ2v) is 13.1. The van der Waals surface area contributed by atoms with Crippen molar-refractivity contribution < 1.29 is 29.0 Å². The Balaban J connectivity index is 2.68. The van der Waals surface area contributed by atoms with Gasteiger partial charge in [0.25, 0.3) is 0 Å². The van der Waals surface area contributed by atoms with Gasteiger partial charge in [-0.25, -0.2) is 4.79 Å². The summed E-state index contributed by atoms with van der Waals surface area (Å²) in [5.74, 6) is -1.62. The molecule has 0 aliphatic carbocycles. The molecule has 2 N–H and O–H groups in total. The van der Waals surface area contributed by atoms with Gasteiger partial charge < -0.3 is 19.9 Å². The zero-order valence-corrected chi connectivity index (χ0v) is 28.4. The fourth-order valence-corrected chi connectivity index (χ4v) is 6.18. The fraction of sp³-hybridized carbons (Fsp3) is 0.595. The van der Waals surface area contributed by atoms with Crippen molar-refractivity contribution in [2.24, 2.45) is 29.6 Å². The molecule has 0 bridgehead atoms. The van der Waals surface area contributed by atoms with Crippen molar-refractivity contribution in [2.45, 2.75) is 113 Å². The molecule has 2 rings (SSSR count). The smallest absolute Gasteiger partial charge is 0.329 e. The van der Waals surface area contributed by atoms with E-state index in [2.05, 4.69) is 26.1 Å². The van der Waals surface area contributed by atoms with Gasteiger partial charge in [-0.1, -0.05) is 96.5 Å². The molecule has 1 heterocycles. The van der Waals surface area contributed by atoms with E-state index in [1.54, 1.807) is 13.0 Å². The number of aliphatic hydroxyl groups excluding tert-OH is 1. The van der Waals surface area contributed by atoms with E-state index in [4.69, 9.17) is 9.47 Å². The lowest BCUT2D eigenvalue weighted by Gasteiger charge is -2.32. The van der Waals surface area contributed by atoms with Crippen molar-refractivity contribution in [1.82, 2.24) is 5.32 Å². The predicted octanol–water partition coefficient (Wildman–Crippen LogP) is 6.75. The molecular formula is C37H55NO6. The number of nitrogens with one attached hydrogen (secondary N) is 1. The lowest BCUT2D eigenvalue weighted by molar-refractivity contribution is -0.157.